The monoisotopic (exact) mass is 313 g/mol. The van der Waals surface area contributed by atoms with E-state index < -0.39 is 0 Å². The number of carbonyl (C=O) groups excluding carboxylic acids is 1. The molecule has 1 amide bonds. The molecule has 3 rings (SSSR count). The topological polar surface area (TPSA) is 66.1 Å². The van der Waals surface area contributed by atoms with Gasteiger partial charge >= 0.3 is 0 Å². The van der Waals surface area contributed by atoms with E-state index in [1.807, 2.05) is 36.9 Å². The highest BCUT2D eigenvalue weighted by Gasteiger charge is 2.28. The standard InChI is InChI=1S/C18H23N3O2/c1-12(2)18(23)21(13-7-3-4-8-13)11-16-19-15-10-6-5-9-14(15)17(22)20-16/h5-6,9-10,12-13H,3-4,7-8,11H2,1-2H3,(H,19,20,22). The summed E-state index contributed by atoms with van der Waals surface area (Å²) in [6, 6.07) is 7.55. The molecule has 0 bridgehead atoms. The quantitative estimate of drug-likeness (QED) is 0.944. The van der Waals surface area contributed by atoms with E-state index in [0.29, 0.717) is 23.3 Å². The van der Waals surface area contributed by atoms with Crippen LogP contribution in [0.2, 0.25) is 0 Å². The lowest BCUT2D eigenvalue weighted by atomic mass is 10.1. The van der Waals surface area contributed by atoms with Gasteiger partial charge in [-0.05, 0) is 25.0 Å². The third-order valence-electron chi connectivity index (χ3n) is 4.52. The molecule has 5 heteroatoms. The molecule has 1 fully saturated rings. The summed E-state index contributed by atoms with van der Waals surface area (Å²) in [5.41, 5.74) is 0.531. The zero-order chi connectivity index (χ0) is 16.4. The molecular weight excluding hydrogens is 290 g/mol. The lowest BCUT2D eigenvalue weighted by Crippen LogP contribution is -2.41. The van der Waals surface area contributed by atoms with Gasteiger partial charge < -0.3 is 9.88 Å². The van der Waals surface area contributed by atoms with Crippen LogP contribution in [-0.4, -0.2) is 26.8 Å². The summed E-state index contributed by atoms with van der Waals surface area (Å²) in [6.07, 6.45) is 4.40. The van der Waals surface area contributed by atoms with Gasteiger partial charge in [0.15, 0.2) is 0 Å². The third-order valence-corrected chi connectivity index (χ3v) is 4.52. The number of hydrogen-bond acceptors (Lipinski definition) is 3. The SMILES string of the molecule is CC(C)C(=O)N(Cc1nc2ccccc2c(=O)[nH]1)C1CCCC1. The van der Waals surface area contributed by atoms with Crippen molar-refractivity contribution in [2.24, 2.45) is 5.92 Å². The van der Waals surface area contributed by atoms with E-state index in [1.54, 1.807) is 6.07 Å². The fourth-order valence-corrected chi connectivity index (χ4v) is 3.31. The first-order valence-electron chi connectivity index (χ1n) is 8.34. The predicted octanol–water partition coefficient (Wildman–Crippen LogP) is 2.85. The number of fused-ring (bicyclic) bond motifs is 1. The summed E-state index contributed by atoms with van der Waals surface area (Å²) < 4.78 is 0. The molecule has 0 unspecified atom stereocenters. The second kappa shape index (κ2) is 6.52. The van der Waals surface area contributed by atoms with Crippen LogP contribution in [0.25, 0.3) is 10.9 Å². The van der Waals surface area contributed by atoms with Crippen molar-refractivity contribution in [3.05, 3.63) is 40.4 Å². The molecule has 0 atom stereocenters. The summed E-state index contributed by atoms with van der Waals surface area (Å²) in [7, 11) is 0. The molecule has 122 valence electrons. The lowest BCUT2D eigenvalue weighted by molar-refractivity contribution is -0.137. The Morgan fingerprint density at radius 2 is 2.00 bits per heavy atom. The largest absolute Gasteiger partial charge is 0.332 e. The highest BCUT2D eigenvalue weighted by molar-refractivity contribution is 5.79. The van der Waals surface area contributed by atoms with Crippen LogP contribution in [0, 0.1) is 5.92 Å². The highest BCUT2D eigenvalue weighted by atomic mass is 16.2. The molecule has 1 saturated carbocycles. The van der Waals surface area contributed by atoms with Gasteiger partial charge in [0.2, 0.25) is 5.91 Å². The Kier molecular flexibility index (Phi) is 4.46. The summed E-state index contributed by atoms with van der Waals surface area (Å²) in [4.78, 5) is 34.1. The highest BCUT2D eigenvalue weighted by Crippen LogP contribution is 2.26. The first-order chi connectivity index (χ1) is 11.1. The third kappa shape index (κ3) is 3.28. The van der Waals surface area contributed by atoms with Crippen LogP contribution in [0.4, 0.5) is 0 Å². The van der Waals surface area contributed by atoms with Crippen LogP contribution < -0.4 is 5.56 Å². The number of para-hydroxylation sites is 1. The van der Waals surface area contributed by atoms with E-state index in [9.17, 15) is 9.59 Å². The van der Waals surface area contributed by atoms with Crippen LogP contribution in [0.5, 0.6) is 0 Å². The Morgan fingerprint density at radius 1 is 1.30 bits per heavy atom. The maximum atomic E-state index is 12.6. The number of rotatable bonds is 4. The van der Waals surface area contributed by atoms with Crippen LogP contribution in [-0.2, 0) is 11.3 Å². The Bertz CT molecular complexity index is 760. The average molecular weight is 313 g/mol. The molecule has 0 radical (unpaired) electrons. The van der Waals surface area contributed by atoms with Crippen molar-refractivity contribution in [3.63, 3.8) is 0 Å². The molecule has 23 heavy (non-hydrogen) atoms. The van der Waals surface area contributed by atoms with E-state index in [1.165, 1.54) is 0 Å². The maximum absolute atomic E-state index is 12.6. The zero-order valence-corrected chi connectivity index (χ0v) is 13.7. The van der Waals surface area contributed by atoms with E-state index >= 15 is 0 Å². The summed E-state index contributed by atoms with van der Waals surface area (Å²) in [6.45, 7) is 4.21. The van der Waals surface area contributed by atoms with Crippen LogP contribution in [0.15, 0.2) is 29.1 Å². The van der Waals surface area contributed by atoms with Gasteiger partial charge in [-0.3, -0.25) is 9.59 Å². The molecule has 1 aromatic carbocycles. The molecule has 1 aromatic heterocycles. The van der Waals surface area contributed by atoms with Gasteiger partial charge in [-0.15, -0.1) is 0 Å². The summed E-state index contributed by atoms with van der Waals surface area (Å²) in [5.74, 6) is 0.644. The zero-order valence-electron chi connectivity index (χ0n) is 13.7. The van der Waals surface area contributed by atoms with E-state index in [0.717, 1.165) is 25.7 Å². The van der Waals surface area contributed by atoms with Crippen molar-refractivity contribution >= 4 is 16.8 Å². The van der Waals surface area contributed by atoms with Crippen molar-refractivity contribution < 1.29 is 4.79 Å². The van der Waals surface area contributed by atoms with E-state index in [-0.39, 0.29) is 23.4 Å². The molecular formula is C18H23N3O2. The van der Waals surface area contributed by atoms with Crippen LogP contribution in [0.3, 0.4) is 0 Å². The minimum atomic E-state index is -0.144. The van der Waals surface area contributed by atoms with Crippen molar-refractivity contribution in [3.8, 4) is 0 Å². The fraction of sp³-hybridized carbons (Fsp3) is 0.500. The fourth-order valence-electron chi connectivity index (χ4n) is 3.31. The minimum Gasteiger partial charge on any atom is -0.332 e. The van der Waals surface area contributed by atoms with Crippen molar-refractivity contribution in [1.29, 1.82) is 0 Å². The molecule has 1 aliphatic rings. The van der Waals surface area contributed by atoms with E-state index in [2.05, 4.69) is 9.97 Å². The number of hydrogen-bond donors (Lipinski definition) is 1. The van der Waals surface area contributed by atoms with Crippen molar-refractivity contribution in [2.45, 2.75) is 52.1 Å². The molecule has 5 nitrogen and oxygen atoms in total. The molecule has 0 aliphatic heterocycles. The van der Waals surface area contributed by atoms with Gasteiger partial charge in [-0.1, -0.05) is 38.8 Å². The van der Waals surface area contributed by atoms with Gasteiger partial charge in [0.05, 0.1) is 17.4 Å². The minimum absolute atomic E-state index is 0.0530. The number of benzene rings is 1. The number of nitrogens with one attached hydrogen (secondary N) is 1. The number of H-pyrrole nitrogens is 1. The Balaban J connectivity index is 1.93. The Hall–Kier alpha value is -2.17. The van der Waals surface area contributed by atoms with Crippen molar-refractivity contribution in [1.82, 2.24) is 14.9 Å². The normalized spacial score (nSPS) is 15.4. The molecule has 2 aromatic rings. The van der Waals surface area contributed by atoms with Gasteiger partial charge in [0.1, 0.15) is 5.82 Å². The molecule has 1 N–H and O–H groups in total. The van der Waals surface area contributed by atoms with Gasteiger partial charge in [0.25, 0.3) is 5.56 Å². The summed E-state index contributed by atoms with van der Waals surface area (Å²) in [5, 5.41) is 0.582. The van der Waals surface area contributed by atoms with Crippen molar-refractivity contribution in [2.75, 3.05) is 0 Å². The number of carbonyl (C=O) groups is 1. The molecule has 1 aliphatic carbocycles. The summed E-state index contributed by atoms with van der Waals surface area (Å²) >= 11 is 0. The second-order valence-corrected chi connectivity index (χ2v) is 6.59. The number of nitrogens with zero attached hydrogens (tertiary/aromatic N) is 2. The smallest absolute Gasteiger partial charge is 0.258 e. The first-order valence-corrected chi connectivity index (χ1v) is 8.34. The first kappa shape index (κ1) is 15.7. The molecule has 1 heterocycles. The van der Waals surface area contributed by atoms with Gasteiger partial charge in [0, 0.05) is 12.0 Å². The van der Waals surface area contributed by atoms with Crippen LogP contribution >= 0.6 is 0 Å². The number of aromatic amines is 1. The molecule has 0 saturated heterocycles. The Labute approximate surface area is 135 Å². The second-order valence-electron chi connectivity index (χ2n) is 6.59. The van der Waals surface area contributed by atoms with Gasteiger partial charge in [-0.2, -0.15) is 0 Å². The van der Waals surface area contributed by atoms with Gasteiger partial charge in [-0.25, -0.2) is 4.98 Å². The number of aromatic nitrogens is 2. The van der Waals surface area contributed by atoms with E-state index in [4.69, 9.17) is 0 Å². The predicted molar refractivity (Wildman–Crippen MR) is 90.0 cm³/mol. The number of amides is 1. The lowest BCUT2D eigenvalue weighted by Gasteiger charge is -2.30. The molecule has 0 spiro atoms. The van der Waals surface area contributed by atoms with Crippen LogP contribution in [0.1, 0.15) is 45.4 Å². The Morgan fingerprint density at radius 3 is 2.70 bits per heavy atom. The average Bonchev–Trinajstić information content (AvgIpc) is 3.06. The maximum Gasteiger partial charge on any atom is 0.258 e.